The molecule has 0 fully saturated rings. The van der Waals surface area contributed by atoms with E-state index in [2.05, 4.69) is 19.2 Å². The van der Waals surface area contributed by atoms with E-state index in [1.54, 1.807) is 43.3 Å². The van der Waals surface area contributed by atoms with Crippen LogP contribution in [0.4, 0.5) is 11.4 Å². The molecule has 1 amide bonds. The zero-order valence-corrected chi connectivity index (χ0v) is 13.9. The van der Waals surface area contributed by atoms with Crippen LogP contribution in [-0.4, -0.2) is 17.4 Å². The summed E-state index contributed by atoms with van der Waals surface area (Å²) in [4.78, 5) is 22.8. The highest BCUT2D eigenvalue weighted by atomic mass is 16.6. The van der Waals surface area contributed by atoms with Crippen LogP contribution in [-0.2, 0) is 0 Å². The molecular formula is C18H20N2O4. The third-order valence-corrected chi connectivity index (χ3v) is 3.45. The quantitative estimate of drug-likeness (QED) is 0.637. The maximum atomic E-state index is 12.3. The molecule has 0 radical (unpaired) electrons. The SMILES string of the molecule is Cc1c(NC(=O)c2ccc(OCC(C)C)cc2)cccc1[N+](=O)[O-]. The summed E-state index contributed by atoms with van der Waals surface area (Å²) in [6, 6.07) is 11.4. The van der Waals surface area contributed by atoms with Crippen molar-refractivity contribution in [1.82, 2.24) is 0 Å². The number of nitrogens with one attached hydrogen (secondary N) is 1. The van der Waals surface area contributed by atoms with Crippen LogP contribution >= 0.6 is 0 Å². The molecule has 6 nitrogen and oxygen atoms in total. The minimum atomic E-state index is -0.466. The van der Waals surface area contributed by atoms with E-state index >= 15 is 0 Å². The molecule has 126 valence electrons. The minimum absolute atomic E-state index is 0.0229. The van der Waals surface area contributed by atoms with Gasteiger partial charge in [-0.1, -0.05) is 19.9 Å². The molecule has 0 spiro atoms. The van der Waals surface area contributed by atoms with E-state index in [0.717, 1.165) is 0 Å². The number of rotatable bonds is 6. The number of nitro benzene ring substituents is 1. The van der Waals surface area contributed by atoms with Gasteiger partial charge in [-0.05, 0) is 43.2 Å². The van der Waals surface area contributed by atoms with Crippen LogP contribution in [0.1, 0.15) is 29.8 Å². The highest BCUT2D eigenvalue weighted by Crippen LogP contribution is 2.25. The van der Waals surface area contributed by atoms with Gasteiger partial charge in [0.15, 0.2) is 0 Å². The van der Waals surface area contributed by atoms with Crippen molar-refractivity contribution >= 4 is 17.3 Å². The first kappa shape index (κ1) is 17.5. The normalized spacial score (nSPS) is 10.5. The Kier molecular flexibility index (Phi) is 5.52. The van der Waals surface area contributed by atoms with Crippen LogP contribution in [0.2, 0.25) is 0 Å². The molecule has 24 heavy (non-hydrogen) atoms. The summed E-state index contributed by atoms with van der Waals surface area (Å²) in [6.07, 6.45) is 0. The van der Waals surface area contributed by atoms with Crippen molar-refractivity contribution < 1.29 is 14.5 Å². The van der Waals surface area contributed by atoms with Gasteiger partial charge in [-0.3, -0.25) is 14.9 Å². The molecule has 0 aliphatic rings. The molecule has 0 aromatic heterocycles. The summed E-state index contributed by atoms with van der Waals surface area (Å²) in [5.74, 6) is 0.797. The van der Waals surface area contributed by atoms with Crippen LogP contribution in [0.5, 0.6) is 5.75 Å². The number of benzene rings is 2. The second-order valence-electron chi connectivity index (χ2n) is 5.89. The second-order valence-corrected chi connectivity index (χ2v) is 5.89. The first-order chi connectivity index (χ1) is 11.4. The van der Waals surface area contributed by atoms with Crippen molar-refractivity contribution in [1.29, 1.82) is 0 Å². The molecule has 0 atom stereocenters. The summed E-state index contributed by atoms with van der Waals surface area (Å²) in [7, 11) is 0. The van der Waals surface area contributed by atoms with E-state index in [-0.39, 0.29) is 11.6 Å². The predicted octanol–water partition coefficient (Wildman–Crippen LogP) is 4.19. The van der Waals surface area contributed by atoms with E-state index in [4.69, 9.17) is 4.74 Å². The average molecular weight is 328 g/mol. The van der Waals surface area contributed by atoms with Gasteiger partial charge in [-0.15, -0.1) is 0 Å². The highest BCUT2D eigenvalue weighted by molar-refractivity contribution is 6.04. The monoisotopic (exact) mass is 328 g/mol. The van der Waals surface area contributed by atoms with E-state index in [1.165, 1.54) is 6.07 Å². The van der Waals surface area contributed by atoms with Gasteiger partial charge in [-0.2, -0.15) is 0 Å². The van der Waals surface area contributed by atoms with Gasteiger partial charge in [-0.25, -0.2) is 0 Å². The summed E-state index contributed by atoms with van der Waals surface area (Å²) in [6.45, 7) is 6.33. The number of hydrogen-bond acceptors (Lipinski definition) is 4. The Morgan fingerprint density at radius 3 is 2.46 bits per heavy atom. The number of anilines is 1. The molecule has 0 heterocycles. The molecule has 0 aliphatic heterocycles. The predicted molar refractivity (Wildman–Crippen MR) is 92.6 cm³/mol. The average Bonchev–Trinajstić information content (AvgIpc) is 2.55. The molecule has 6 heteroatoms. The van der Waals surface area contributed by atoms with Gasteiger partial charge in [0, 0.05) is 11.6 Å². The lowest BCUT2D eigenvalue weighted by Gasteiger charge is -2.10. The number of carbonyl (C=O) groups is 1. The van der Waals surface area contributed by atoms with Gasteiger partial charge in [0.1, 0.15) is 5.75 Å². The minimum Gasteiger partial charge on any atom is -0.493 e. The van der Waals surface area contributed by atoms with Crippen molar-refractivity contribution in [2.45, 2.75) is 20.8 Å². The smallest absolute Gasteiger partial charge is 0.274 e. The van der Waals surface area contributed by atoms with Gasteiger partial charge in [0.05, 0.1) is 22.8 Å². The zero-order chi connectivity index (χ0) is 17.7. The van der Waals surface area contributed by atoms with E-state index in [1.807, 2.05) is 0 Å². The Labute approximate surface area is 140 Å². The summed E-state index contributed by atoms with van der Waals surface area (Å²) in [5.41, 5.74) is 1.28. The third kappa shape index (κ3) is 4.32. The zero-order valence-electron chi connectivity index (χ0n) is 13.9. The van der Waals surface area contributed by atoms with Crippen LogP contribution in [0.15, 0.2) is 42.5 Å². The van der Waals surface area contributed by atoms with Gasteiger partial charge < -0.3 is 10.1 Å². The standard InChI is InChI=1S/C18H20N2O4/c1-12(2)11-24-15-9-7-14(8-10-15)18(21)19-16-5-4-6-17(13(16)3)20(22)23/h4-10,12H,11H2,1-3H3,(H,19,21). The number of nitro groups is 1. The van der Waals surface area contributed by atoms with E-state index in [9.17, 15) is 14.9 Å². The van der Waals surface area contributed by atoms with Crippen molar-refractivity contribution in [3.8, 4) is 5.75 Å². The number of hydrogen-bond donors (Lipinski definition) is 1. The molecule has 0 bridgehead atoms. The molecule has 0 unspecified atom stereocenters. The third-order valence-electron chi connectivity index (χ3n) is 3.45. The molecule has 0 aliphatic carbocycles. The Balaban J connectivity index is 2.10. The molecule has 2 rings (SSSR count). The van der Waals surface area contributed by atoms with Crippen LogP contribution in [0.3, 0.4) is 0 Å². The van der Waals surface area contributed by atoms with Crippen molar-refractivity contribution in [2.75, 3.05) is 11.9 Å². The number of amides is 1. The van der Waals surface area contributed by atoms with Crippen molar-refractivity contribution in [3.63, 3.8) is 0 Å². The van der Waals surface area contributed by atoms with E-state index < -0.39 is 4.92 Å². The molecule has 2 aromatic carbocycles. The Morgan fingerprint density at radius 1 is 1.21 bits per heavy atom. The topological polar surface area (TPSA) is 81.5 Å². The molecule has 0 saturated heterocycles. The number of ether oxygens (including phenoxy) is 1. The number of nitrogens with zero attached hydrogens (tertiary/aromatic N) is 1. The fourth-order valence-electron chi connectivity index (χ4n) is 2.12. The Morgan fingerprint density at radius 2 is 1.88 bits per heavy atom. The summed E-state index contributed by atoms with van der Waals surface area (Å²) >= 11 is 0. The largest absolute Gasteiger partial charge is 0.493 e. The van der Waals surface area contributed by atoms with Gasteiger partial charge in [0.25, 0.3) is 11.6 Å². The Hall–Kier alpha value is -2.89. The summed E-state index contributed by atoms with van der Waals surface area (Å²) < 4.78 is 5.57. The maximum absolute atomic E-state index is 12.3. The molecular weight excluding hydrogens is 308 g/mol. The van der Waals surface area contributed by atoms with Gasteiger partial charge >= 0.3 is 0 Å². The molecule has 2 aromatic rings. The lowest BCUT2D eigenvalue weighted by Crippen LogP contribution is -2.13. The molecule has 1 N–H and O–H groups in total. The Bertz CT molecular complexity index is 739. The lowest BCUT2D eigenvalue weighted by molar-refractivity contribution is -0.385. The van der Waals surface area contributed by atoms with E-state index in [0.29, 0.717) is 35.1 Å². The number of carbonyl (C=O) groups excluding carboxylic acids is 1. The summed E-state index contributed by atoms with van der Waals surface area (Å²) in [5, 5.41) is 13.7. The maximum Gasteiger partial charge on any atom is 0.274 e. The second kappa shape index (κ2) is 7.59. The lowest BCUT2D eigenvalue weighted by atomic mass is 10.1. The van der Waals surface area contributed by atoms with Crippen LogP contribution in [0, 0.1) is 23.0 Å². The first-order valence-corrected chi connectivity index (χ1v) is 7.66. The fraction of sp³-hybridized carbons (Fsp3) is 0.278. The van der Waals surface area contributed by atoms with Crippen molar-refractivity contribution in [3.05, 3.63) is 63.7 Å². The first-order valence-electron chi connectivity index (χ1n) is 7.66. The fourth-order valence-corrected chi connectivity index (χ4v) is 2.12. The molecule has 0 saturated carbocycles. The van der Waals surface area contributed by atoms with Crippen molar-refractivity contribution in [2.24, 2.45) is 5.92 Å². The highest BCUT2D eigenvalue weighted by Gasteiger charge is 2.15. The van der Waals surface area contributed by atoms with Gasteiger partial charge in [0.2, 0.25) is 0 Å². The van der Waals surface area contributed by atoms with Crippen LogP contribution in [0.25, 0.3) is 0 Å². The van der Waals surface area contributed by atoms with Crippen LogP contribution < -0.4 is 10.1 Å².